The topological polar surface area (TPSA) is 83.4 Å². The lowest BCUT2D eigenvalue weighted by Crippen LogP contribution is -2.23. The van der Waals surface area contributed by atoms with Gasteiger partial charge < -0.3 is 20.4 Å². The Balaban J connectivity index is 1.49. The largest absolute Gasteiger partial charge is 0.467 e. The molecule has 144 valence electrons. The van der Waals surface area contributed by atoms with Crippen LogP contribution in [0.2, 0.25) is 10.0 Å². The molecule has 2 aromatic carbocycles. The lowest BCUT2D eigenvalue weighted by molar-refractivity contribution is -0.114. The molecule has 0 aliphatic carbocycles. The smallest absolute Gasteiger partial charge is 0.251 e. The zero-order valence-corrected chi connectivity index (χ0v) is 16.2. The van der Waals surface area contributed by atoms with E-state index in [0.717, 1.165) is 0 Å². The Morgan fingerprint density at radius 3 is 2.50 bits per heavy atom. The lowest BCUT2D eigenvalue weighted by atomic mass is 10.2. The minimum absolute atomic E-state index is 0.0193. The molecule has 2 amide bonds. The van der Waals surface area contributed by atoms with Crippen LogP contribution < -0.4 is 16.0 Å². The third kappa shape index (κ3) is 5.52. The number of anilines is 2. The fourth-order valence-corrected chi connectivity index (χ4v) is 2.76. The number of furan rings is 1. The summed E-state index contributed by atoms with van der Waals surface area (Å²) in [5.74, 6) is 0.183. The lowest BCUT2D eigenvalue weighted by Gasteiger charge is -2.10. The van der Waals surface area contributed by atoms with Crippen LogP contribution in [0.15, 0.2) is 65.3 Å². The number of hydrogen-bond donors (Lipinski definition) is 3. The van der Waals surface area contributed by atoms with Gasteiger partial charge in [-0.05, 0) is 54.6 Å². The fourth-order valence-electron chi connectivity index (χ4n) is 2.40. The maximum Gasteiger partial charge on any atom is 0.251 e. The summed E-state index contributed by atoms with van der Waals surface area (Å²) >= 11 is 12.0. The Kier molecular flexibility index (Phi) is 6.57. The second-order valence-electron chi connectivity index (χ2n) is 5.87. The van der Waals surface area contributed by atoms with E-state index >= 15 is 0 Å². The SMILES string of the molecule is O=C(CNc1cc(Cl)ccc1Cl)Nc1ccc(C(=O)NCc2ccco2)cc1. The maximum atomic E-state index is 12.1. The molecule has 0 aliphatic heterocycles. The first kappa shape index (κ1) is 19.8. The van der Waals surface area contributed by atoms with Crippen LogP contribution in [0.25, 0.3) is 0 Å². The van der Waals surface area contributed by atoms with Crippen molar-refractivity contribution >= 4 is 46.4 Å². The van der Waals surface area contributed by atoms with Crippen LogP contribution in [-0.2, 0) is 11.3 Å². The summed E-state index contributed by atoms with van der Waals surface area (Å²) in [5, 5.41) is 9.43. The van der Waals surface area contributed by atoms with Gasteiger partial charge in [0.2, 0.25) is 5.91 Å². The van der Waals surface area contributed by atoms with Gasteiger partial charge in [-0.15, -0.1) is 0 Å². The Morgan fingerprint density at radius 2 is 1.79 bits per heavy atom. The van der Waals surface area contributed by atoms with Gasteiger partial charge in [-0.25, -0.2) is 0 Å². The van der Waals surface area contributed by atoms with Gasteiger partial charge in [0, 0.05) is 16.3 Å². The summed E-state index contributed by atoms with van der Waals surface area (Å²) < 4.78 is 5.17. The van der Waals surface area contributed by atoms with Gasteiger partial charge in [0.05, 0.1) is 30.1 Å². The summed E-state index contributed by atoms with van der Waals surface area (Å²) in [6.45, 7) is 0.327. The van der Waals surface area contributed by atoms with Crippen molar-refractivity contribution in [1.82, 2.24) is 5.32 Å². The molecule has 0 spiro atoms. The van der Waals surface area contributed by atoms with Gasteiger partial charge in [0.1, 0.15) is 5.76 Å². The number of amides is 2. The number of carbonyl (C=O) groups is 2. The molecule has 0 fully saturated rings. The monoisotopic (exact) mass is 417 g/mol. The third-order valence-electron chi connectivity index (χ3n) is 3.80. The minimum Gasteiger partial charge on any atom is -0.467 e. The first-order valence-corrected chi connectivity index (χ1v) is 9.16. The van der Waals surface area contributed by atoms with E-state index in [-0.39, 0.29) is 18.4 Å². The number of halogens is 2. The van der Waals surface area contributed by atoms with E-state index in [1.165, 1.54) is 0 Å². The van der Waals surface area contributed by atoms with E-state index in [0.29, 0.717) is 39.3 Å². The number of benzene rings is 2. The zero-order chi connectivity index (χ0) is 19.9. The molecule has 0 radical (unpaired) electrons. The van der Waals surface area contributed by atoms with Crippen molar-refractivity contribution in [1.29, 1.82) is 0 Å². The highest BCUT2D eigenvalue weighted by atomic mass is 35.5. The van der Waals surface area contributed by atoms with Crippen molar-refractivity contribution in [2.24, 2.45) is 0 Å². The normalized spacial score (nSPS) is 10.4. The van der Waals surface area contributed by atoms with Crippen molar-refractivity contribution in [2.45, 2.75) is 6.54 Å². The van der Waals surface area contributed by atoms with Gasteiger partial charge in [-0.2, -0.15) is 0 Å². The van der Waals surface area contributed by atoms with Gasteiger partial charge in [-0.3, -0.25) is 9.59 Å². The second-order valence-corrected chi connectivity index (χ2v) is 6.71. The molecule has 3 rings (SSSR count). The molecule has 0 saturated heterocycles. The van der Waals surface area contributed by atoms with E-state index in [9.17, 15) is 9.59 Å². The highest BCUT2D eigenvalue weighted by Crippen LogP contribution is 2.25. The number of hydrogen-bond acceptors (Lipinski definition) is 4. The van der Waals surface area contributed by atoms with Crippen LogP contribution in [0.3, 0.4) is 0 Å². The number of nitrogens with one attached hydrogen (secondary N) is 3. The molecule has 8 heteroatoms. The molecular formula is C20H17Cl2N3O3. The van der Waals surface area contributed by atoms with Crippen LogP contribution in [0.4, 0.5) is 11.4 Å². The Hall–Kier alpha value is -2.96. The van der Waals surface area contributed by atoms with Crippen LogP contribution in [0, 0.1) is 0 Å². The van der Waals surface area contributed by atoms with Crippen LogP contribution in [0.1, 0.15) is 16.1 Å². The molecule has 1 aromatic heterocycles. The van der Waals surface area contributed by atoms with Crippen molar-refractivity contribution in [2.75, 3.05) is 17.2 Å². The summed E-state index contributed by atoms with van der Waals surface area (Å²) in [6.07, 6.45) is 1.55. The molecule has 0 unspecified atom stereocenters. The highest BCUT2D eigenvalue weighted by molar-refractivity contribution is 6.35. The quantitative estimate of drug-likeness (QED) is 0.525. The molecule has 6 nitrogen and oxygen atoms in total. The fraction of sp³-hybridized carbons (Fsp3) is 0.100. The minimum atomic E-state index is -0.258. The average molecular weight is 418 g/mol. The van der Waals surface area contributed by atoms with Crippen molar-refractivity contribution in [3.8, 4) is 0 Å². The Morgan fingerprint density at radius 1 is 1.00 bits per heavy atom. The Bertz CT molecular complexity index is 957. The number of carbonyl (C=O) groups excluding carboxylic acids is 2. The van der Waals surface area contributed by atoms with E-state index in [2.05, 4.69) is 16.0 Å². The van der Waals surface area contributed by atoms with Gasteiger partial charge in [-0.1, -0.05) is 23.2 Å². The Labute approximate surface area is 171 Å². The molecule has 1 heterocycles. The number of rotatable bonds is 7. The van der Waals surface area contributed by atoms with Crippen LogP contribution in [0.5, 0.6) is 0 Å². The van der Waals surface area contributed by atoms with Gasteiger partial charge >= 0.3 is 0 Å². The molecule has 3 aromatic rings. The third-order valence-corrected chi connectivity index (χ3v) is 4.37. The molecule has 0 saturated carbocycles. The van der Waals surface area contributed by atoms with E-state index in [1.807, 2.05) is 0 Å². The van der Waals surface area contributed by atoms with E-state index in [4.69, 9.17) is 27.6 Å². The van der Waals surface area contributed by atoms with Gasteiger partial charge in [0.15, 0.2) is 0 Å². The zero-order valence-electron chi connectivity index (χ0n) is 14.7. The standard InChI is InChI=1S/C20H17Cl2N3O3/c21-14-5-8-17(22)18(10-14)23-12-19(26)25-15-6-3-13(4-7-15)20(27)24-11-16-2-1-9-28-16/h1-10,23H,11-12H2,(H,24,27)(H,25,26). The van der Waals surface area contributed by atoms with Gasteiger partial charge in [0.25, 0.3) is 5.91 Å². The van der Waals surface area contributed by atoms with Crippen LogP contribution >= 0.6 is 23.2 Å². The first-order valence-electron chi connectivity index (χ1n) is 8.40. The van der Waals surface area contributed by atoms with Crippen molar-refractivity contribution in [3.05, 3.63) is 82.2 Å². The van der Waals surface area contributed by atoms with E-state index < -0.39 is 0 Å². The highest BCUT2D eigenvalue weighted by Gasteiger charge is 2.08. The summed E-state index contributed by atoms with van der Waals surface area (Å²) in [6, 6.07) is 15.1. The van der Waals surface area contributed by atoms with Crippen LogP contribution in [-0.4, -0.2) is 18.4 Å². The predicted molar refractivity (Wildman–Crippen MR) is 110 cm³/mol. The summed E-state index contributed by atoms with van der Waals surface area (Å²) in [4.78, 5) is 24.2. The van der Waals surface area contributed by atoms with Crippen molar-refractivity contribution in [3.63, 3.8) is 0 Å². The molecule has 0 aliphatic rings. The second kappa shape index (κ2) is 9.30. The molecule has 0 bridgehead atoms. The molecule has 0 atom stereocenters. The predicted octanol–water partition coefficient (Wildman–Crippen LogP) is 4.57. The summed E-state index contributed by atoms with van der Waals surface area (Å²) in [7, 11) is 0. The van der Waals surface area contributed by atoms with Crippen molar-refractivity contribution < 1.29 is 14.0 Å². The molecular weight excluding hydrogens is 401 g/mol. The van der Waals surface area contributed by atoms with E-state index in [1.54, 1.807) is 60.9 Å². The average Bonchev–Trinajstić information content (AvgIpc) is 3.21. The molecule has 28 heavy (non-hydrogen) atoms. The summed E-state index contributed by atoms with van der Waals surface area (Å²) in [5.41, 5.74) is 1.63. The maximum absolute atomic E-state index is 12.1. The first-order chi connectivity index (χ1) is 13.5. The molecule has 3 N–H and O–H groups in total.